The Morgan fingerprint density at radius 2 is 2.44 bits per heavy atom. The summed E-state index contributed by atoms with van der Waals surface area (Å²) < 4.78 is 7.12. The van der Waals surface area contributed by atoms with Gasteiger partial charge in [0.25, 0.3) is 5.91 Å². The Kier molecular flexibility index (Phi) is 3.98. The number of methoxy groups -OCH3 is 1. The first-order valence-electron chi connectivity index (χ1n) is 6.17. The molecule has 0 spiro atoms. The zero-order chi connectivity index (χ0) is 13.1. The number of ether oxygens (including phenoxy) is 1. The molecule has 0 aromatic carbocycles. The average Bonchev–Trinajstić information content (AvgIpc) is 2.83. The smallest absolute Gasteiger partial charge is 0.274 e. The highest BCUT2D eigenvalue weighted by Crippen LogP contribution is 2.20. The number of imidazole rings is 1. The SMILES string of the molecule is COC1CCN(C(=O)c2cn(C)cn2)C(CN)C1. The van der Waals surface area contributed by atoms with Gasteiger partial charge in [0.15, 0.2) is 0 Å². The number of nitrogens with zero attached hydrogens (tertiary/aromatic N) is 3. The summed E-state index contributed by atoms with van der Waals surface area (Å²) in [7, 11) is 3.55. The van der Waals surface area contributed by atoms with Gasteiger partial charge in [-0.2, -0.15) is 0 Å². The second-order valence-electron chi connectivity index (χ2n) is 4.69. The Labute approximate surface area is 107 Å². The number of likely N-dealkylation sites (tertiary alicyclic amines) is 1. The van der Waals surface area contributed by atoms with E-state index in [0.29, 0.717) is 18.8 Å². The zero-order valence-electron chi connectivity index (χ0n) is 10.9. The lowest BCUT2D eigenvalue weighted by atomic mass is 9.99. The number of nitrogens with two attached hydrogens (primary N) is 1. The quantitative estimate of drug-likeness (QED) is 0.821. The molecule has 0 bridgehead atoms. The van der Waals surface area contributed by atoms with Crippen molar-refractivity contribution in [2.24, 2.45) is 12.8 Å². The molecule has 1 amide bonds. The van der Waals surface area contributed by atoms with Gasteiger partial charge in [-0.05, 0) is 12.8 Å². The molecule has 1 fully saturated rings. The minimum Gasteiger partial charge on any atom is -0.381 e. The van der Waals surface area contributed by atoms with Crippen molar-refractivity contribution < 1.29 is 9.53 Å². The van der Waals surface area contributed by atoms with Crippen LogP contribution in [0.2, 0.25) is 0 Å². The van der Waals surface area contributed by atoms with Crippen LogP contribution in [0.4, 0.5) is 0 Å². The van der Waals surface area contributed by atoms with E-state index < -0.39 is 0 Å². The van der Waals surface area contributed by atoms with Crippen LogP contribution in [0.25, 0.3) is 0 Å². The van der Waals surface area contributed by atoms with Crippen molar-refractivity contribution in [1.29, 1.82) is 0 Å². The summed E-state index contributed by atoms with van der Waals surface area (Å²) in [6.07, 6.45) is 5.22. The molecule has 1 aliphatic rings. The molecule has 2 rings (SSSR count). The van der Waals surface area contributed by atoms with E-state index in [-0.39, 0.29) is 18.1 Å². The van der Waals surface area contributed by atoms with Gasteiger partial charge in [0, 0.05) is 39.5 Å². The van der Waals surface area contributed by atoms with E-state index in [1.165, 1.54) is 0 Å². The third-order valence-electron chi connectivity index (χ3n) is 3.46. The number of amides is 1. The highest BCUT2D eigenvalue weighted by molar-refractivity contribution is 5.92. The first kappa shape index (κ1) is 13.0. The maximum atomic E-state index is 12.3. The predicted molar refractivity (Wildman–Crippen MR) is 67.1 cm³/mol. The van der Waals surface area contributed by atoms with Crippen LogP contribution >= 0.6 is 0 Å². The van der Waals surface area contributed by atoms with Crippen LogP contribution in [-0.4, -0.2) is 52.7 Å². The van der Waals surface area contributed by atoms with Gasteiger partial charge in [0.2, 0.25) is 0 Å². The second-order valence-corrected chi connectivity index (χ2v) is 4.69. The van der Waals surface area contributed by atoms with Crippen LogP contribution < -0.4 is 5.73 Å². The van der Waals surface area contributed by atoms with Crippen molar-refractivity contribution >= 4 is 5.91 Å². The van der Waals surface area contributed by atoms with E-state index >= 15 is 0 Å². The number of piperidine rings is 1. The molecular weight excluding hydrogens is 232 g/mol. The van der Waals surface area contributed by atoms with Gasteiger partial charge in [-0.1, -0.05) is 0 Å². The lowest BCUT2D eigenvalue weighted by Crippen LogP contribution is -2.51. The van der Waals surface area contributed by atoms with Crippen LogP contribution in [-0.2, 0) is 11.8 Å². The molecule has 0 saturated carbocycles. The Morgan fingerprint density at radius 3 is 3.00 bits per heavy atom. The first-order valence-corrected chi connectivity index (χ1v) is 6.17. The third kappa shape index (κ3) is 2.54. The molecule has 100 valence electrons. The largest absolute Gasteiger partial charge is 0.381 e. The number of rotatable bonds is 3. The molecule has 0 aliphatic carbocycles. The van der Waals surface area contributed by atoms with E-state index in [4.69, 9.17) is 10.5 Å². The fourth-order valence-corrected chi connectivity index (χ4v) is 2.39. The van der Waals surface area contributed by atoms with Crippen molar-refractivity contribution in [2.45, 2.75) is 25.0 Å². The Hall–Kier alpha value is -1.40. The third-order valence-corrected chi connectivity index (χ3v) is 3.46. The summed E-state index contributed by atoms with van der Waals surface area (Å²) in [6.45, 7) is 1.13. The summed E-state index contributed by atoms with van der Waals surface area (Å²) >= 11 is 0. The van der Waals surface area contributed by atoms with Gasteiger partial charge in [0.1, 0.15) is 5.69 Å². The molecule has 2 atom stereocenters. The highest BCUT2D eigenvalue weighted by Gasteiger charge is 2.31. The van der Waals surface area contributed by atoms with E-state index in [1.807, 2.05) is 11.9 Å². The standard InChI is InChI=1S/C12H20N4O2/c1-15-7-11(14-8-15)12(17)16-4-3-10(18-2)5-9(16)6-13/h7-10H,3-6,13H2,1-2H3. The molecule has 1 aliphatic heterocycles. The maximum Gasteiger partial charge on any atom is 0.274 e. The number of aryl methyl sites for hydroxylation is 1. The molecule has 1 saturated heterocycles. The number of aromatic nitrogens is 2. The van der Waals surface area contributed by atoms with Crippen molar-refractivity contribution in [3.8, 4) is 0 Å². The number of hydrogen-bond donors (Lipinski definition) is 1. The summed E-state index contributed by atoms with van der Waals surface area (Å²) in [5.41, 5.74) is 6.24. The summed E-state index contributed by atoms with van der Waals surface area (Å²) in [5.74, 6) is -0.0411. The van der Waals surface area contributed by atoms with Crippen LogP contribution in [0.1, 0.15) is 23.3 Å². The highest BCUT2D eigenvalue weighted by atomic mass is 16.5. The van der Waals surface area contributed by atoms with Gasteiger partial charge in [-0.25, -0.2) is 4.98 Å². The first-order chi connectivity index (χ1) is 8.65. The van der Waals surface area contributed by atoms with Crippen molar-refractivity contribution in [3.63, 3.8) is 0 Å². The number of carbonyl (C=O) groups is 1. The van der Waals surface area contributed by atoms with Gasteiger partial charge in [0.05, 0.1) is 12.4 Å². The van der Waals surface area contributed by atoms with Crippen molar-refractivity contribution in [1.82, 2.24) is 14.5 Å². The molecule has 1 aromatic heterocycles. The molecular formula is C12H20N4O2. The molecule has 6 heteroatoms. The molecule has 0 radical (unpaired) electrons. The van der Waals surface area contributed by atoms with E-state index in [1.54, 1.807) is 24.2 Å². The maximum absolute atomic E-state index is 12.3. The minimum absolute atomic E-state index is 0.0400. The van der Waals surface area contributed by atoms with E-state index in [0.717, 1.165) is 12.8 Å². The van der Waals surface area contributed by atoms with Gasteiger partial charge in [-0.15, -0.1) is 0 Å². The van der Waals surface area contributed by atoms with Crippen LogP contribution in [0.15, 0.2) is 12.5 Å². The molecule has 2 N–H and O–H groups in total. The van der Waals surface area contributed by atoms with Crippen molar-refractivity contribution in [3.05, 3.63) is 18.2 Å². The van der Waals surface area contributed by atoms with Crippen LogP contribution in [0, 0.1) is 0 Å². The average molecular weight is 252 g/mol. The lowest BCUT2D eigenvalue weighted by molar-refractivity contribution is 0.0136. The summed E-state index contributed by atoms with van der Waals surface area (Å²) in [4.78, 5) is 18.2. The molecule has 6 nitrogen and oxygen atoms in total. The van der Waals surface area contributed by atoms with Gasteiger partial charge >= 0.3 is 0 Å². The molecule has 18 heavy (non-hydrogen) atoms. The lowest BCUT2D eigenvalue weighted by Gasteiger charge is -2.38. The molecule has 2 unspecified atom stereocenters. The van der Waals surface area contributed by atoms with Crippen molar-refractivity contribution in [2.75, 3.05) is 20.2 Å². The van der Waals surface area contributed by atoms with E-state index in [2.05, 4.69) is 4.98 Å². The monoisotopic (exact) mass is 252 g/mol. The van der Waals surface area contributed by atoms with E-state index in [9.17, 15) is 4.79 Å². The van der Waals surface area contributed by atoms with Gasteiger partial charge in [-0.3, -0.25) is 4.79 Å². The number of carbonyl (C=O) groups excluding carboxylic acids is 1. The Balaban J connectivity index is 2.10. The van der Waals surface area contributed by atoms with Crippen LogP contribution in [0.3, 0.4) is 0 Å². The molecule has 2 heterocycles. The summed E-state index contributed by atoms with van der Waals surface area (Å²) in [6, 6.07) is 0.0400. The van der Waals surface area contributed by atoms with Gasteiger partial charge < -0.3 is 19.9 Å². The predicted octanol–water partition coefficient (Wildman–Crippen LogP) is -0.00160. The topological polar surface area (TPSA) is 73.4 Å². The second kappa shape index (κ2) is 5.49. The fraction of sp³-hybridized carbons (Fsp3) is 0.667. The Morgan fingerprint density at radius 1 is 1.67 bits per heavy atom. The normalized spacial score (nSPS) is 24.3. The minimum atomic E-state index is -0.0411. The van der Waals surface area contributed by atoms with Crippen LogP contribution in [0.5, 0.6) is 0 Å². The molecule has 1 aromatic rings. The number of hydrogen-bond acceptors (Lipinski definition) is 4. The Bertz CT molecular complexity index is 418. The zero-order valence-corrected chi connectivity index (χ0v) is 10.9. The summed E-state index contributed by atoms with van der Waals surface area (Å²) in [5, 5.41) is 0. The fourth-order valence-electron chi connectivity index (χ4n) is 2.39.